The Labute approximate surface area is 266 Å². The molecule has 7 aromatic carbocycles. The van der Waals surface area contributed by atoms with Gasteiger partial charge in [-0.25, -0.2) is 9.97 Å². The summed E-state index contributed by atoms with van der Waals surface area (Å²) in [5, 5.41) is 5.84. The van der Waals surface area contributed by atoms with Crippen molar-refractivity contribution in [2.75, 3.05) is 0 Å². The summed E-state index contributed by atoms with van der Waals surface area (Å²) in [5.41, 5.74) is 11.8. The highest BCUT2D eigenvalue weighted by Crippen LogP contribution is 2.50. The van der Waals surface area contributed by atoms with Gasteiger partial charge in [-0.3, -0.25) is 4.57 Å². The summed E-state index contributed by atoms with van der Waals surface area (Å²) in [6, 6.07) is 56.6. The lowest BCUT2D eigenvalue weighted by molar-refractivity contribution is 1.000. The van der Waals surface area contributed by atoms with E-state index in [0.717, 1.165) is 33.2 Å². The van der Waals surface area contributed by atoms with Crippen LogP contribution in [0.3, 0.4) is 0 Å². The zero-order chi connectivity index (χ0) is 30.2. The van der Waals surface area contributed by atoms with Crippen LogP contribution in [-0.4, -0.2) is 14.5 Å². The van der Waals surface area contributed by atoms with Crippen LogP contribution in [0, 0.1) is 0 Å². The van der Waals surface area contributed by atoms with Gasteiger partial charge in [0.1, 0.15) is 0 Å². The van der Waals surface area contributed by atoms with E-state index in [0.29, 0.717) is 5.95 Å². The van der Waals surface area contributed by atoms with Crippen molar-refractivity contribution in [1.82, 2.24) is 14.5 Å². The van der Waals surface area contributed by atoms with Crippen LogP contribution >= 0.6 is 0 Å². The monoisotopic (exact) mass is 585 g/mol. The maximum absolute atomic E-state index is 5.38. The molecule has 1 aliphatic rings. The number of fused-ring (bicyclic) bond motifs is 9. The molecule has 0 spiro atoms. The van der Waals surface area contributed by atoms with Crippen molar-refractivity contribution in [3.63, 3.8) is 0 Å². The molecule has 0 aliphatic heterocycles. The van der Waals surface area contributed by atoms with Gasteiger partial charge in [0.15, 0.2) is 0 Å². The fourth-order valence-corrected chi connectivity index (χ4v) is 7.67. The first-order valence-electron chi connectivity index (χ1n) is 15.8. The largest absolute Gasteiger partial charge is 0.277 e. The van der Waals surface area contributed by atoms with Crippen LogP contribution in [0.1, 0.15) is 22.6 Å². The highest BCUT2D eigenvalue weighted by molar-refractivity contribution is 6.19. The molecule has 0 fully saturated rings. The number of aromatic nitrogens is 3. The lowest BCUT2D eigenvalue weighted by Gasteiger charge is -2.15. The summed E-state index contributed by atoms with van der Waals surface area (Å²) in [5.74, 6) is 0.832. The van der Waals surface area contributed by atoms with Crippen LogP contribution in [0.2, 0.25) is 0 Å². The standard InChI is InChI=1S/C43H27N3/c1-3-14-28(15-4-1)40-32-20-10-9-19-31(32)35-25-36-33-24-23-27-13-7-8-18-30(27)42(33)46(39(36)26-37(35)40)43-44-38-22-12-11-21-34(38)41(45-43)29-16-5-2-6-17-29/h1-26,40H. The average molecular weight is 586 g/mol. The van der Waals surface area contributed by atoms with E-state index in [1.54, 1.807) is 0 Å². The average Bonchev–Trinajstić information content (AvgIpc) is 3.63. The molecule has 1 atom stereocenters. The quantitative estimate of drug-likeness (QED) is 0.206. The van der Waals surface area contributed by atoms with Crippen molar-refractivity contribution in [3.05, 3.63) is 174 Å². The summed E-state index contributed by atoms with van der Waals surface area (Å²) in [4.78, 5) is 10.7. The minimum absolute atomic E-state index is 0.150. The lowest BCUT2D eigenvalue weighted by Crippen LogP contribution is -2.04. The van der Waals surface area contributed by atoms with E-state index in [9.17, 15) is 0 Å². The minimum Gasteiger partial charge on any atom is -0.277 e. The van der Waals surface area contributed by atoms with Crippen LogP contribution in [0.5, 0.6) is 0 Å². The van der Waals surface area contributed by atoms with E-state index >= 15 is 0 Å². The zero-order valence-electron chi connectivity index (χ0n) is 24.9. The molecule has 0 amide bonds. The maximum atomic E-state index is 5.38. The highest BCUT2D eigenvalue weighted by Gasteiger charge is 2.31. The molecule has 0 saturated heterocycles. The third kappa shape index (κ3) is 3.60. The van der Waals surface area contributed by atoms with E-state index in [1.165, 1.54) is 49.4 Å². The Balaban J connectivity index is 1.36. The molecular weight excluding hydrogens is 558 g/mol. The van der Waals surface area contributed by atoms with Crippen molar-refractivity contribution >= 4 is 43.5 Å². The second-order valence-electron chi connectivity index (χ2n) is 12.2. The first-order chi connectivity index (χ1) is 22.8. The Morgan fingerprint density at radius 1 is 0.478 bits per heavy atom. The molecular formula is C43H27N3. The van der Waals surface area contributed by atoms with E-state index in [1.807, 2.05) is 0 Å². The van der Waals surface area contributed by atoms with Crippen LogP contribution in [0.4, 0.5) is 0 Å². The van der Waals surface area contributed by atoms with Gasteiger partial charge in [0.25, 0.3) is 0 Å². The van der Waals surface area contributed by atoms with Gasteiger partial charge >= 0.3 is 0 Å². The van der Waals surface area contributed by atoms with Crippen LogP contribution in [0.15, 0.2) is 158 Å². The van der Waals surface area contributed by atoms with E-state index in [2.05, 4.69) is 162 Å². The second kappa shape index (κ2) is 9.72. The maximum Gasteiger partial charge on any atom is 0.235 e. The number of nitrogens with zero attached hydrogens (tertiary/aromatic N) is 3. The van der Waals surface area contributed by atoms with Gasteiger partial charge in [-0.2, -0.15) is 0 Å². The molecule has 46 heavy (non-hydrogen) atoms. The summed E-state index contributed by atoms with van der Waals surface area (Å²) in [7, 11) is 0. The summed E-state index contributed by atoms with van der Waals surface area (Å²) < 4.78 is 2.32. The van der Waals surface area contributed by atoms with Crippen molar-refractivity contribution < 1.29 is 0 Å². The molecule has 0 radical (unpaired) electrons. The number of rotatable bonds is 3. The van der Waals surface area contributed by atoms with Crippen LogP contribution < -0.4 is 0 Å². The number of hydrogen-bond donors (Lipinski definition) is 0. The van der Waals surface area contributed by atoms with Crippen molar-refractivity contribution in [2.45, 2.75) is 5.92 Å². The Morgan fingerprint density at radius 2 is 1.20 bits per heavy atom. The van der Waals surface area contributed by atoms with Crippen molar-refractivity contribution in [3.8, 4) is 28.3 Å². The summed E-state index contributed by atoms with van der Waals surface area (Å²) in [6.45, 7) is 0. The van der Waals surface area contributed by atoms with Gasteiger partial charge < -0.3 is 0 Å². The molecule has 3 nitrogen and oxygen atoms in total. The predicted molar refractivity (Wildman–Crippen MR) is 190 cm³/mol. The number of hydrogen-bond acceptors (Lipinski definition) is 2. The smallest absolute Gasteiger partial charge is 0.235 e. The first-order valence-corrected chi connectivity index (χ1v) is 15.8. The van der Waals surface area contributed by atoms with Gasteiger partial charge in [0, 0.05) is 33.0 Å². The van der Waals surface area contributed by atoms with E-state index in [4.69, 9.17) is 9.97 Å². The molecule has 1 aliphatic carbocycles. The van der Waals surface area contributed by atoms with Gasteiger partial charge in [0.05, 0.1) is 22.2 Å². The third-order valence-corrected chi connectivity index (χ3v) is 9.67. The molecule has 2 aromatic heterocycles. The Bertz CT molecular complexity index is 2630. The Kier molecular flexibility index (Phi) is 5.34. The van der Waals surface area contributed by atoms with E-state index < -0.39 is 0 Å². The van der Waals surface area contributed by atoms with Crippen molar-refractivity contribution in [1.29, 1.82) is 0 Å². The molecule has 0 N–H and O–H groups in total. The first kappa shape index (κ1) is 25.3. The Morgan fingerprint density at radius 3 is 2.07 bits per heavy atom. The highest BCUT2D eigenvalue weighted by atomic mass is 15.2. The zero-order valence-corrected chi connectivity index (χ0v) is 24.9. The van der Waals surface area contributed by atoms with Gasteiger partial charge in [-0.05, 0) is 51.4 Å². The second-order valence-corrected chi connectivity index (χ2v) is 12.2. The fourth-order valence-electron chi connectivity index (χ4n) is 7.67. The van der Waals surface area contributed by atoms with Gasteiger partial charge in [0.2, 0.25) is 5.95 Å². The Hall–Kier alpha value is -6.06. The van der Waals surface area contributed by atoms with Crippen molar-refractivity contribution in [2.24, 2.45) is 0 Å². The fraction of sp³-hybridized carbons (Fsp3) is 0.0233. The molecule has 9 aromatic rings. The number of benzene rings is 7. The van der Waals surface area contributed by atoms with E-state index in [-0.39, 0.29) is 5.92 Å². The third-order valence-electron chi connectivity index (χ3n) is 9.67. The number of para-hydroxylation sites is 1. The molecule has 3 heteroatoms. The van der Waals surface area contributed by atoms with Crippen LogP contribution in [0.25, 0.3) is 71.8 Å². The molecule has 0 bridgehead atoms. The molecule has 214 valence electrons. The lowest BCUT2D eigenvalue weighted by atomic mass is 9.89. The van der Waals surface area contributed by atoms with Crippen LogP contribution in [-0.2, 0) is 0 Å². The summed E-state index contributed by atoms with van der Waals surface area (Å²) in [6.07, 6.45) is 0. The molecule has 2 heterocycles. The SMILES string of the molecule is c1ccc(-c2nc(-n3c4cc5c(cc4c4ccc6ccccc6c43)-c3ccccc3C5c3ccccc3)nc3ccccc23)cc1. The minimum atomic E-state index is 0.150. The molecule has 10 rings (SSSR count). The molecule has 0 saturated carbocycles. The van der Waals surface area contributed by atoms with Gasteiger partial charge in [-0.15, -0.1) is 0 Å². The predicted octanol–water partition coefficient (Wildman–Crippen LogP) is 10.7. The summed E-state index contributed by atoms with van der Waals surface area (Å²) >= 11 is 0. The topological polar surface area (TPSA) is 30.7 Å². The van der Waals surface area contributed by atoms with Gasteiger partial charge in [-0.1, -0.05) is 140 Å². The molecule has 1 unspecified atom stereocenters. The normalized spacial score (nSPS) is 13.9.